The van der Waals surface area contributed by atoms with Crippen molar-refractivity contribution >= 4 is 23.3 Å². The number of nitrogens with zero attached hydrogens (tertiary/aromatic N) is 2. The van der Waals surface area contributed by atoms with E-state index in [1.54, 1.807) is 30.5 Å². The van der Waals surface area contributed by atoms with Crippen LogP contribution >= 0.6 is 0 Å². The first kappa shape index (κ1) is 15.3. The van der Waals surface area contributed by atoms with Crippen molar-refractivity contribution in [3.8, 4) is 0 Å². The molecule has 1 fully saturated rings. The molecule has 1 saturated carbocycles. The summed E-state index contributed by atoms with van der Waals surface area (Å²) in [5.41, 5.74) is 1.10. The van der Waals surface area contributed by atoms with Gasteiger partial charge in [-0.3, -0.25) is 9.59 Å². The minimum Gasteiger partial charge on any atom is -0.326 e. The average molecular weight is 312 g/mol. The Kier molecular flexibility index (Phi) is 4.41. The first-order valence-corrected chi connectivity index (χ1v) is 7.86. The molecular formula is C17H20N4O2. The number of amides is 2. The molecule has 2 N–H and O–H groups in total. The van der Waals surface area contributed by atoms with Gasteiger partial charge in [0.15, 0.2) is 0 Å². The van der Waals surface area contributed by atoms with Crippen LogP contribution < -0.4 is 10.6 Å². The number of hydrogen-bond acceptors (Lipinski definition) is 3. The van der Waals surface area contributed by atoms with E-state index in [1.165, 1.54) is 19.8 Å². The summed E-state index contributed by atoms with van der Waals surface area (Å²) in [6, 6.07) is 9.05. The van der Waals surface area contributed by atoms with Crippen molar-refractivity contribution < 1.29 is 9.59 Å². The van der Waals surface area contributed by atoms with Crippen molar-refractivity contribution in [2.75, 3.05) is 10.6 Å². The van der Waals surface area contributed by atoms with Gasteiger partial charge >= 0.3 is 0 Å². The number of carbonyl (C=O) groups excluding carboxylic acids is 2. The number of hydrogen-bond donors (Lipinski definition) is 2. The molecule has 1 aromatic carbocycles. The largest absolute Gasteiger partial charge is 0.326 e. The summed E-state index contributed by atoms with van der Waals surface area (Å²) in [7, 11) is 0. The van der Waals surface area contributed by atoms with E-state index in [-0.39, 0.29) is 11.8 Å². The first-order valence-electron chi connectivity index (χ1n) is 7.86. The maximum Gasteiger partial charge on any atom is 0.256 e. The summed E-state index contributed by atoms with van der Waals surface area (Å²) < 4.78 is 1.91. The minimum absolute atomic E-state index is 0.165. The number of aromatic nitrogens is 2. The predicted molar refractivity (Wildman–Crippen MR) is 88.4 cm³/mol. The molecule has 120 valence electrons. The van der Waals surface area contributed by atoms with Crippen LogP contribution in [0.3, 0.4) is 0 Å². The number of benzene rings is 1. The number of carbonyl (C=O) groups is 2. The van der Waals surface area contributed by atoms with Crippen LogP contribution in [0.2, 0.25) is 0 Å². The average Bonchev–Trinajstić information content (AvgIpc) is 3.17. The Morgan fingerprint density at radius 2 is 1.96 bits per heavy atom. The fourth-order valence-electron chi connectivity index (χ4n) is 2.98. The molecular weight excluding hydrogens is 292 g/mol. The topological polar surface area (TPSA) is 76.0 Å². The second-order valence-electron chi connectivity index (χ2n) is 5.82. The molecule has 1 aromatic heterocycles. The molecule has 0 unspecified atom stereocenters. The summed E-state index contributed by atoms with van der Waals surface area (Å²) in [5, 5.41) is 9.94. The zero-order chi connectivity index (χ0) is 16.2. The monoisotopic (exact) mass is 312 g/mol. The third-order valence-electron chi connectivity index (χ3n) is 4.03. The van der Waals surface area contributed by atoms with E-state index >= 15 is 0 Å². The number of nitrogens with one attached hydrogen (secondary N) is 2. The summed E-state index contributed by atoms with van der Waals surface area (Å²) >= 11 is 0. The van der Waals surface area contributed by atoms with Gasteiger partial charge in [0.1, 0.15) is 5.82 Å². The van der Waals surface area contributed by atoms with E-state index < -0.39 is 0 Å². The van der Waals surface area contributed by atoms with Crippen molar-refractivity contribution in [3.05, 3.63) is 42.1 Å². The molecule has 1 aliphatic rings. The molecule has 0 atom stereocenters. The van der Waals surface area contributed by atoms with Gasteiger partial charge in [-0.2, -0.15) is 5.10 Å². The van der Waals surface area contributed by atoms with E-state index in [4.69, 9.17) is 0 Å². The highest BCUT2D eigenvalue weighted by Gasteiger charge is 2.20. The molecule has 0 spiro atoms. The van der Waals surface area contributed by atoms with Crippen LogP contribution in [0.5, 0.6) is 0 Å². The molecule has 6 heteroatoms. The fourth-order valence-corrected chi connectivity index (χ4v) is 2.98. The molecule has 23 heavy (non-hydrogen) atoms. The Bertz CT molecular complexity index is 717. The second kappa shape index (κ2) is 6.64. The Morgan fingerprint density at radius 3 is 2.70 bits per heavy atom. The van der Waals surface area contributed by atoms with Gasteiger partial charge in [-0.25, -0.2) is 4.68 Å². The van der Waals surface area contributed by atoms with Crippen LogP contribution in [-0.2, 0) is 4.79 Å². The van der Waals surface area contributed by atoms with Crippen LogP contribution in [0.4, 0.5) is 11.5 Å². The summed E-state index contributed by atoms with van der Waals surface area (Å²) in [6.45, 7) is 1.44. The molecule has 6 nitrogen and oxygen atoms in total. The highest BCUT2D eigenvalue weighted by Crippen LogP contribution is 2.31. The fraction of sp³-hybridized carbons (Fsp3) is 0.353. The first-order chi connectivity index (χ1) is 11.1. The molecule has 0 radical (unpaired) electrons. The second-order valence-corrected chi connectivity index (χ2v) is 5.82. The predicted octanol–water partition coefficient (Wildman–Crippen LogP) is 3.21. The maximum absolute atomic E-state index is 12.5. The Labute approximate surface area is 134 Å². The molecule has 2 amide bonds. The van der Waals surface area contributed by atoms with Crippen molar-refractivity contribution in [2.45, 2.75) is 38.6 Å². The van der Waals surface area contributed by atoms with Gasteiger partial charge in [-0.1, -0.05) is 18.9 Å². The number of anilines is 2. The minimum atomic E-state index is -0.211. The van der Waals surface area contributed by atoms with Crippen molar-refractivity contribution in [1.82, 2.24) is 9.78 Å². The highest BCUT2D eigenvalue weighted by atomic mass is 16.2. The van der Waals surface area contributed by atoms with Crippen molar-refractivity contribution in [2.24, 2.45) is 0 Å². The quantitative estimate of drug-likeness (QED) is 0.910. The Hall–Kier alpha value is -2.63. The van der Waals surface area contributed by atoms with Crippen molar-refractivity contribution in [3.63, 3.8) is 0 Å². The summed E-state index contributed by atoms with van der Waals surface area (Å²) in [5.74, 6) is 0.339. The van der Waals surface area contributed by atoms with E-state index in [0.717, 1.165) is 12.8 Å². The van der Waals surface area contributed by atoms with Gasteiger partial charge in [0.25, 0.3) is 5.91 Å². The van der Waals surface area contributed by atoms with Gasteiger partial charge in [0, 0.05) is 24.2 Å². The SMILES string of the molecule is CC(=O)Nc1cccc(C(=O)Nc2ccnn2C2CCCC2)c1. The van der Waals surface area contributed by atoms with E-state index in [1.807, 2.05) is 10.7 Å². The zero-order valence-corrected chi connectivity index (χ0v) is 13.1. The maximum atomic E-state index is 12.5. The third kappa shape index (κ3) is 3.59. The molecule has 3 rings (SSSR count). The van der Waals surface area contributed by atoms with Gasteiger partial charge in [0.2, 0.25) is 5.91 Å². The van der Waals surface area contributed by atoms with Crippen LogP contribution in [0, 0.1) is 0 Å². The summed E-state index contributed by atoms with van der Waals surface area (Å²) in [6.07, 6.45) is 6.32. The van der Waals surface area contributed by atoms with Crippen LogP contribution in [-0.4, -0.2) is 21.6 Å². The van der Waals surface area contributed by atoms with E-state index in [0.29, 0.717) is 23.1 Å². The van der Waals surface area contributed by atoms with Gasteiger partial charge in [-0.15, -0.1) is 0 Å². The van der Waals surface area contributed by atoms with Gasteiger partial charge < -0.3 is 10.6 Å². The molecule has 1 aliphatic carbocycles. The Morgan fingerprint density at radius 1 is 1.17 bits per heavy atom. The molecule has 2 aromatic rings. The molecule has 0 saturated heterocycles. The molecule has 0 bridgehead atoms. The van der Waals surface area contributed by atoms with Gasteiger partial charge in [0.05, 0.1) is 12.2 Å². The van der Waals surface area contributed by atoms with Gasteiger partial charge in [-0.05, 0) is 31.0 Å². The van der Waals surface area contributed by atoms with E-state index in [2.05, 4.69) is 15.7 Å². The molecule has 1 heterocycles. The van der Waals surface area contributed by atoms with Crippen LogP contribution in [0.25, 0.3) is 0 Å². The summed E-state index contributed by atoms with van der Waals surface area (Å²) in [4.78, 5) is 23.6. The van der Waals surface area contributed by atoms with Crippen molar-refractivity contribution in [1.29, 1.82) is 0 Å². The highest BCUT2D eigenvalue weighted by molar-refractivity contribution is 6.04. The number of rotatable bonds is 4. The lowest BCUT2D eigenvalue weighted by molar-refractivity contribution is -0.114. The Balaban J connectivity index is 1.74. The van der Waals surface area contributed by atoms with E-state index in [9.17, 15) is 9.59 Å². The normalized spacial score (nSPS) is 14.7. The third-order valence-corrected chi connectivity index (χ3v) is 4.03. The lowest BCUT2D eigenvalue weighted by Crippen LogP contribution is -2.18. The molecule has 0 aliphatic heterocycles. The zero-order valence-electron chi connectivity index (χ0n) is 13.1. The van der Waals surface area contributed by atoms with Crippen LogP contribution in [0.15, 0.2) is 36.5 Å². The smallest absolute Gasteiger partial charge is 0.256 e. The van der Waals surface area contributed by atoms with Crippen LogP contribution in [0.1, 0.15) is 49.0 Å². The lowest BCUT2D eigenvalue weighted by atomic mass is 10.2. The standard InChI is InChI=1S/C17H20N4O2/c1-12(22)19-14-6-4-5-13(11-14)17(23)20-16-9-10-18-21(16)15-7-2-3-8-15/h4-6,9-11,15H,2-3,7-8H2,1H3,(H,19,22)(H,20,23). The lowest BCUT2D eigenvalue weighted by Gasteiger charge is -2.15.